The molecule has 1 aromatic rings. The van der Waals surface area contributed by atoms with E-state index >= 15 is 0 Å². The van der Waals surface area contributed by atoms with Crippen molar-refractivity contribution in [1.29, 1.82) is 0 Å². The molecule has 0 bridgehead atoms. The Balaban J connectivity index is 1.55. The van der Waals surface area contributed by atoms with E-state index in [1.54, 1.807) is 0 Å². The maximum Gasteiger partial charge on any atom is 0.191 e. The lowest BCUT2D eigenvalue weighted by Gasteiger charge is -2.12. The molecule has 0 aromatic heterocycles. The van der Waals surface area contributed by atoms with Crippen molar-refractivity contribution in [3.8, 4) is 0 Å². The highest BCUT2D eigenvalue weighted by molar-refractivity contribution is 7.98. The maximum absolute atomic E-state index is 5.77. The molecule has 1 aromatic carbocycles. The Morgan fingerprint density at radius 1 is 1.31 bits per heavy atom. The van der Waals surface area contributed by atoms with Crippen LogP contribution in [0.4, 0.5) is 0 Å². The third-order valence-electron chi connectivity index (χ3n) is 4.09. The minimum absolute atomic E-state index is 0.288. The summed E-state index contributed by atoms with van der Waals surface area (Å²) >= 11 is 1.94. The zero-order chi connectivity index (χ0) is 18.5. The van der Waals surface area contributed by atoms with Gasteiger partial charge >= 0.3 is 0 Å². The number of aliphatic imine (C=N–C) groups is 1. The van der Waals surface area contributed by atoms with Crippen LogP contribution in [0.15, 0.2) is 29.3 Å². The molecule has 5 nitrogen and oxygen atoms in total. The van der Waals surface area contributed by atoms with Crippen LogP contribution in [-0.4, -0.2) is 57.3 Å². The van der Waals surface area contributed by atoms with E-state index in [1.807, 2.05) is 11.8 Å². The SMILES string of the molecule is CCNC(=NCCCOC1CCOC1)NCCSCc1ccc(C)cc1. The fraction of sp³-hybridized carbons (Fsp3) is 0.650. The molecule has 1 fully saturated rings. The lowest BCUT2D eigenvalue weighted by Crippen LogP contribution is -2.38. The summed E-state index contributed by atoms with van der Waals surface area (Å²) in [6.07, 6.45) is 2.25. The molecule has 1 heterocycles. The fourth-order valence-electron chi connectivity index (χ4n) is 2.61. The largest absolute Gasteiger partial charge is 0.379 e. The van der Waals surface area contributed by atoms with E-state index in [1.165, 1.54) is 11.1 Å². The van der Waals surface area contributed by atoms with Gasteiger partial charge in [0.05, 0.1) is 12.7 Å². The van der Waals surface area contributed by atoms with Crippen LogP contribution in [-0.2, 0) is 15.2 Å². The standard InChI is InChI=1S/C20H33N3O2S/c1-3-21-20(22-10-4-12-25-19-9-13-24-15-19)23-11-14-26-16-18-7-5-17(2)6-8-18/h5-8,19H,3-4,9-16H2,1-2H3,(H2,21,22,23). The summed E-state index contributed by atoms with van der Waals surface area (Å²) in [5.41, 5.74) is 2.70. The van der Waals surface area contributed by atoms with Crippen molar-refractivity contribution in [2.45, 2.75) is 38.5 Å². The highest BCUT2D eigenvalue weighted by Crippen LogP contribution is 2.12. The number of nitrogens with zero attached hydrogens (tertiary/aromatic N) is 1. The lowest BCUT2D eigenvalue weighted by molar-refractivity contribution is 0.0424. The van der Waals surface area contributed by atoms with Crippen LogP contribution < -0.4 is 10.6 Å². The summed E-state index contributed by atoms with van der Waals surface area (Å²) < 4.78 is 11.1. The molecule has 1 saturated heterocycles. The zero-order valence-corrected chi connectivity index (χ0v) is 16.9. The van der Waals surface area contributed by atoms with Crippen LogP contribution in [0.25, 0.3) is 0 Å². The molecule has 1 atom stereocenters. The molecule has 0 saturated carbocycles. The van der Waals surface area contributed by atoms with Crippen LogP contribution in [0, 0.1) is 6.92 Å². The number of hydrogen-bond acceptors (Lipinski definition) is 4. The van der Waals surface area contributed by atoms with Gasteiger partial charge in [-0.25, -0.2) is 0 Å². The van der Waals surface area contributed by atoms with Gasteiger partial charge in [-0.3, -0.25) is 4.99 Å². The second kappa shape index (κ2) is 13.0. The van der Waals surface area contributed by atoms with Gasteiger partial charge in [-0.15, -0.1) is 0 Å². The zero-order valence-electron chi connectivity index (χ0n) is 16.1. The fourth-order valence-corrected chi connectivity index (χ4v) is 3.43. The Labute approximate surface area is 162 Å². The number of benzene rings is 1. The van der Waals surface area contributed by atoms with Crippen molar-refractivity contribution in [3.63, 3.8) is 0 Å². The summed E-state index contributed by atoms with van der Waals surface area (Å²) in [5, 5.41) is 6.70. The van der Waals surface area contributed by atoms with Crippen molar-refractivity contribution >= 4 is 17.7 Å². The highest BCUT2D eigenvalue weighted by Gasteiger charge is 2.15. The molecule has 0 amide bonds. The molecular formula is C20H33N3O2S. The normalized spacial score (nSPS) is 17.5. The second-order valence-corrected chi connectivity index (χ2v) is 7.54. The number of rotatable bonds is 11. The van der Waals surface area contributed by atoms with E-state index < -0.39 is 0 Å². The summed E-state index contributed by atoms with van der Waals surface area (Å²) in [5.74, 6) is 3.01. The second-order valence-electron chi connectivity index (χ2n) is 6.44. The van der Waals surface area contributed by atoms with Gasteiger partial charge in [-0.05, 0) is 32.3 Å². The molecule has 0 spiro atoms. The highest BCUT2D eigenvalue weighted by atomic mass is 32.2. The Morgan fingerprint density at radius 2 is 2.15 bits per heavy atom. The van der Waals surface area contributed by atoms with Crippen LogP contribution >= 0.6 is 11.8 Å². The first-order chi connectivity index (χ1) is 12.8. The van der Waals surface area contributed by atoms with Crippen LogP contribution in [0.3, 0.4) is 0 Å². The first kappa shape index (κ1) is 21.1. The van der Waals surface area contributed by atoms with Crippen molar-refractivity contribution in [2.75, 3.05) is 45.2 Å². The lowest BCUT2D eigenvalue weighted by atomic mass is 10.2. The quantitative estimate of drug-likeness (QED) is 0.352. The number of thioether (sulfide) groups is 1. The summed E-state index contributed by atoms with van der Waals surface area (Å²) in [7, 11) is 0. The summed E-state index contributed by atoms with van der Waals surface area (Å²) in [6.45, 7) is 9.11. The Bertz CT molecular complexity index is 516. The van der Waals surface area contributed by atoms with Gasteiger partial charge in [0.15, 0.2) is 5.96 Å². The predicted octanol–water partition coefficient (Wildman–Crippen LogP) is 2.98. The number of hydrogen-bond donors (Lipinski definition) is 2. The third-order valence-corrected chi connectivity index (χ3v) is 5.12. The molecule has 26 heavy (non-hydrogen) atoms. The molecule has 1 unspecified atom stereocenters. The van der Waals surface area contributed by atoms with Gasteiger partial charge in [-0.1, -0.05) is 29.8 Å². The van der Waals surface area contributed by atoms with Gasteiger partial charge in [0.1, 0.15) is 0 Å². The van der Waals surface area contributed by atoms with Gasteiger partial charge in [-0.2, -0.15) is 11.8 Å². The minimum atomic E-state index is 0.288. The number of nitrogens with one attached hydrogen (secondary N) is 2. The maximum atomic E-state index is 5.77. The first-order valence-corrected chi connectivity index (χ1v) is 10.8. The van der Waals surface area contributed by atoms with E-state index in [0.29, 0.717) is 0 Å². The summed E-state index contributed by atoms with van der Waals surface area (Å²) in [4.78, 5) is 4.62. The smallest absolute Gasteiger partial charge is 0.191 e. The average Bonchev–Trinajstić information content (AvgIpc) is 3.16. The van der Waals surface area contributed by atoms with Crippen molar-refractivity contribution in [2.24, 2.45) is 4.99 Å². The average molecular weight is 380 g/mol. The Hall–Kier alpha value is -1.24. The minimum Gasteiger partial charge on any atom is -0.379 e. The number of aryl methyl sites for hydroxylation is 1. The molecule has 1 aliphatic heterocycles. The molecule has 1 aliphatic rings. The van der Waals surface area contributed by atoms with E-state index in [-0.39, 0.29) is 6.10 Å². The van der Waals surface area contributed by atoms with Crippen LogP contribution in [0.2, 0.25) is 0 Å². The molecule has 2 rings (SSSR count). The van der Waals surface area contributed by atoms with Crippen LogP contribution in [0.1, 0.15) is 30.9 Å². The molecule has 0 aliphatic carbocycles. The Morgan fingerprint density at radius 3 is 2.88 bits per heavy atom. The van der Waals surface area contributed by atoms with E-state index in [4.69, 9.17) is 9.47 Å². The first-order valence-electron chi connectivity index (χ1n) is 9.62. The number of ether oxygens (including phenoxy) is 2. The molecule has 146 valence electrons. The molecule has 2 N–H and O–H groups in total. The Kier molecular flexibility index (Phi) is 10.5. The van der Waals surface area contributed by atoms with Crippen molar-refractivity contribution < 1.29 is 9.47 Å². The van der Waals surface area contributed by atoms with Gasteiger partial charge in [0.25, 0.3) is 0 Å². The molecule has 0 radical (unpaired) electrons. The van der Waals surface area contributed by atoms with E-state index in [2.05, 4.69) is 53.7 Å². The predicted molar refractivity (Wildman–Crippen MR) is 111 cm³/mol. The topological polar surface area (TPSA) is 54.9 Å². The van der Waals surface area contributed by atoms with Gasteiger partial charge in [0.2, 0.25) is 0 Å². The number of guanidine groups is 1. The van der Waals surface area contributed by atoms with Crippen molar-refractivity contribution in [1.82, 2.24) is 10.6 Å². The van der Waals surface area contributed by atoms with Gasteiger partial charge in [0, 0.05) is 44.4 Å². The van der Waals surface area contributed by atoms with Gasteiger partial charge < -0.3 is 20.1 Å². The summed E-state index contributed by atoms with van der Waals surface area (Å²) in [6, 6.07) is 8.77. The monoisotopic (exact) mass is 379 g/mol. The molecule has 6 heteroatoms. The van der Waals surface area contributed by atoms with Crippen LogP contribution in [0.5, 0.6) is 0 Å². The van der Waals surface area contributed by atoms with Crippen molar-refractivity contribution in [3.05, 3.63) is 35.4 Å². The molecular weight excluding hydrogens is 346 g/mol. The van der Waals surface area contributed by atoms with E-state index in [9.17, 15) is 0 Å². The van der Waals surface area contributed by atoms with E-state index in [0.717, 1.165) is 69.8 Å². The third kappa shape index (κ3) is 8.92.